The first-order valence-electron chi connectivity index (χ1n) is 3.64. The molecule has 0 spiro atoms. The monoisotopic (exact) mass is 173 g/mol. The molecule has 0 saturated heterocycles. The van der Waals surface area contributed by atoms with Crippen LogP contribution in [0.2, 0.25) is 0 Å². The minimum Gasteiger partial charge on any atom is -0.569 e. The van der Waals surface area contributed by atoms with Crippen LogP contribution in [0.3, 0.4) is 0 Å². The molecule has 0 saturated carbocycles. The van der Waals surface area contributed by atoms with Crippen LogP contribution in [0.5, 0.6) is 0 Å². The molecule has 0 aliphatic carbocycles. The van der Waals surface area contributed by atoms with Gasteiger partial charge in [0.2, 0.25) is 5.28 Å². The molecule has 0 aliphatic rings. The highest BCUT2D eigenvalue weighted by molar-refractivity contribution is 4.77. The smallest absolute Gasteiger partial charge is 0.230 e. The second-order valence-electron chi connectivity index (χ2n) is 3.38. The molecule has 0 amide bonds. The molecular weight excluding hydrogens is 158 g/mol. The number of hydrogen-bond acceptors (Lipinski definition) is 2. The van der Waals surface area contributed by atoms with E-state index in [1.54, 1.807) is 6.08 Å². The number of rotatable bonds is 3. The first-order valence-corrected chi connectivity index (χ1v) is 3.64. The fraction of sp³-hybridized carbons (Fsp3) is 0.714. The number of hydrogen-bond donors (Lipinski definition) is 1. The summed E-state index contributed by atoms with van der Waals surface area (Å²) in [6.45, 7) is 9.36. The molecule has 5 nitrogen and oxygen atoms in total. The van der Waals surface area contributed by atoms with Crippen molar-refractivity contribution in [1.29, 1.82) is 0 Å². The van der Waals surface area contributed by atoms with Crippen LogP contribution in [0.1, 0.15) is 20.8 Å². The predicted octanol–water partition coefficient (Wildman–Crippen LogP) is 1.54. The van der Waals surface area contributed by atoms with Gasteiger partial charge in [-0.1, -0.05) is 6.08 Å². The lowest BCUT2D eigenvalue weighted by Gasteiger charge is -2.28. The quantitative estimate of drug-likeness (QED) is 0.305. The van der Waals surface area contributed by atoms with Crippen molar-refractivity contribution in [2.75, 3.05) is 6.54 Å². The Kier molecular flexibility index (Phi) is 3.53. The highest BCUT2D eigenvalue weighted by Gasteiger charge is 2.27. The minimum absolute atomic E-state index is 0.154. The standard InChI is InChI=1S/C7H15N3O2/c1-5-6-9(7(2,3)4)10(12)8-11/h5,11H,1,6H2,2-4H3/b10-8+. The van der Waals surface area contributed by atoms with Crippen LogP contribution in [-0.2, 0) is 0 Å². The molecule has 1 N–H and O–H groups in total. The molecule has 12 heavy (non-hydrogen) atoms. The topological polar surface area (TPSA) is 61.9 Å². The Balaban J connectivity index is 4.55. The van der Waals surface area contributed by atoms with Gasteiger partial charge in [-0.15, -0.1) is 11.6 Å². The Morgan fingerprint density at radius 2 is 2.17 bits per heavy atom. The summed E-state index contributed by atoms with van der Waals surface area (Å²) < 4.78 is 0. The van der Waals surface area contributed by atoms with Crippen molar-refractivity contribution in [2.24, 2.45) is 5.28 Å². The molecule has 0 radical (unpaired) electrons. The largest absolute Gasteiger partial charge is 0.569 e. The zero-order chi connectivity index (χ0) is 9.78. The molecule has 0 atom stereocenters. The summed E-state index contributed by atoms with van der Waals surface area (Å²) in [5.74, 6) is 0. The zero-order valence-electron chi connectivity index (χ0n) is 7.69. The summed E-state index contributed by atoms with van der Waals surface area (Å²) in [6.07, 6.45) is 1.57. The van der Waals surface area contributed by atoms with Gasteiger partial charge in [0.15, 0.2) is 0 Å². The van der Waals surface area contributed by atoms with Gasteiger partial charge in [-0.05, 0) is 20.8 Å². The first-order chi connectivity index (χ1) is 5.43. The van der Waals surface area contributed by atoms with Crippen molar-refractivity contribution in [3.63, 3.8) is 0 Å². The van der Waals surface area contributed by atoms with E-state index in [9.17, 15) is 5.21 Å². The average Bonchev–Trinajstić information content (AvgIpc) is 1.96. The van der Waals surface area contributed by atoms with Crippen molar-refractivity contribution < 1.29 is 10.2 Å². The Hall–Kier alpha value is -1.26. The molecular formula is C7H15N3O2. The van der Waals surface area contributed by atoms with Crippen LogP contribution in [0.25, 0.3) is 0 Å². The Morgan fingerprint density at radius 3 is 2.42 bits per heavy atom. The Bertz CT molecular complexity index is 184. The fourth-order valence-electron chi connectivity index (χ4n) is 0.771. The van der Waals surface area contributed by atoms with Gasteiger partial charge in [0.25, 0.3) is 0 Å². The molecule has 70 valence electrons. The molecule has 5 heteroatoms. The maximum atomic E-state index is 10.9. The summed E-state index contributed by atoms with van der Waals surface area (Å²) in [5, 5.41) is 23.0. The molecule has 0 rings (SSSR count). The Morgan fingerprint density at radius 1 is 1.67 bits per heavy atom. The highest BCUT2D eigenvalue weighted by atomic mass is 16.6. The van der Waals surface area contributed by atoms with Crippen molar-refractivity contribution in [1.82, 2.24) is 5.01 Å². The van der Waals surface area contributed by atoms with E-state index in [0.29, 0.717) is 6.54 Å². The van der Waals surface area contributed by atoms with Crippen LogP contribution in [-0.4, -0.2) is 27.3 Å². The molecule has 0 heterocycles. The van der Waals surface area contributed by atoms with E-state index in [1.807, 2.05) is 20.8 Å². The molecule has 0 fully saturated rings. The van der Waals surface area contributed by atoms with Gasteiger partial charge in [-0.3, -0.25) is 0 Å². The van der Waals surface area contributed by atoms with Gasteiger partial charge in [-0.25, -0.2) is 0 Å². The van der Waals surface area contributed by atoms with Crippen molar-refractivity contribution in [2.45, 2.75) is 26.3 Å². The summed E-state index contributed by atoms with van der Waals surface area (Å²) >= 11 is 0. The summed E-state index contributed by atoms with van der Waals surface area (Å²) in [7, 11) is 0. The summed E-state index contributed by atoms with van der Waals surface area (Å²) in [4.78, 5) is 0.154. The summed E-state index contributed by atoms with van der Waals surface area (Å²) in [6, 6.07) is 0. The van der Waals surface area contributed by atoms with Crippen LogP contribution in [0.15, 0.2) is 17.9 Å². The lowest BCUT2D eigenvalue weighted by atomic mass is 10.1. The van der Waals surface area contributed by atoms with Crippen LogP contribution in [0.4, 0.5) is 0 Å². The lowest BCUT2D eigenvalue weighted by Crippen LogP contribution is -2.45. The van der Waals surface area contributed by atoms with E-state index >= 15 is 0 Å². The van der Waals surface area contributed by atoms with Gasteiger partial charge >= 0.3 is 0 Å². The first kappa shape index (κ1) is 10.7. The minimum atomic E-state index is -0.387. The van der Waals surface area contributed by atoms with Crippen LogP contribution in [0, 0.1) is 5.21 Å². The molecule has 0 aromatic carbocycles. The van der Waals surface area contributed by atoms with E-state index in [-0.39, 0.29) is 10.5 Å². The molecule has 0 aromatic heterocycles. The van der Waals surface area contributed by atoms with Gasteiger partial charge < -0.3 is 10.4 Å². The zero-order valence-corrected chi connectivity index (χ0v) is 7.69. The second-order valence-corrected chi connectivity index (χ2v) is 3.38. The summed E-state index contributed by atoms with van der Waals surface area (Å²) in [5.41, 5.74) is -0.387. The van der Waals surface area contributed by atoms with Crippen molar-refractivity contribution in [3.05, 3.63) is 17.9 Å². The third-order valence-electron chi connectivity index (χ3n) is 1.36. The lowest BCUT2D eigenvalue weighted by molar-refractivity contribution is -0.722. The average molecular weight is 173 g/mol. The van der Waals surface area contributed by atoms with Gasteiger partial charge in [-0.2, -0.15) is 0 Å². The SMILES string of the molecule is C=CCN(/[N+]([O-])=N\O)C(C)(C)C. The van der Waals surface area contributed by atoms with E-state index in [1.165, 1.54) is 5.01 Å². The van der Waals surface area contributed by atoms with E-state index in [0.717, 1.165) is 0 Å². The Labute approximate surface area is 72.1 Å². The normalized spacial score (nSPS) is 12.8. The predicted molar refractivity (Wildman–Crippen MR) is 44.5 cm³/mol. The van der Waals surface area contributed by atoms with Gasteiger partial charge in [0.1, 0.15) is 0 Å². The second kappa shape index (κ2) is 3.94. The number of nitrogens with zero attached hydrogens (tertiary/aromatic N) is 3. The van der Waals surface area contributed by atoms with E-state index < -0.39 is 0 Å². The van der Waals surface area contributed by atoms with Gasteiger partial charge in [0.05, 0.1) is 17.1 Å². The van der Waals surface area contributed by atoms with Gasteiger partial charge in [0, 0.05) is 0 Å². The third kappa shape index (κ3) is 2.77. The molecule has 0 aliphatic heterocycles. The fourth-order valence-corrected chi connectivity index (χ4v) is 0.771. The third-order valence-corrected chi connectivity index (χ3v) is 1.36. The molecule has 0 unspecified atom stereocenters. The molecule has 0 aromatic rings. The molecule has 0 bridgehead atoms. The van der Waals surface area contributed by atoms with Crippen LogP contribution >= 0.6 is 0 Å². The maximum Gasteiger partial charge on any atom is 0.230 e. The number of hydrazine groups is 1. The maximum absolute atomic E-state index is 10.9. The van der Waals surface area contributed by atoms with Crippen molar-refractivity contribution >= 4 is 0 Å². The van der Waals surface area contributed by atoms with E-state index in [4.69, 9.17) is 5.21 Å². The highest BCUT2D eigenvalue weighted by Crippen LogP contribution is 2.12. The van der Waals surface area contributed by atoms with Crippen LogP contribution < -0.4 is 0 Å². The van der Waals surface area contributed by atoms with Crippen molar-refractivity contribution in [3.8, 4) is 0 Å². The van der Waals surface area contributed by atoms with E-state index in [2.05, 4.69) is 11.9 Å².